The molecule has 1 aliphatic heterocycles. The van der Waals surface area contributed by atoms with E-state index in [1.165, 1.54) is 6.07 Å². The predicted molar refractivity (Wildman–Crippen MR) is 181 cm³/mol. The van der Waals surface area contributed by atoms with Crippen molar-refractivity contribution in [1.29, 1.82) is 0 Å². The highest BCUT2D eigenvalue weighted by atomic mass is 79.9. The maximum Gasteiger partial charge on any atom is 0.318 e. The Bertz CT molecular complexity index is 1710. The Morgan fingerprint density at radius 1 is 0.896 bits per heavy atom. The summed E-state index contributed by atoms with van der Waals surface area (Å²) in [5.41, 5.74) is 2.12. The van der Waals surface area contributed by atoms with Gasteiger partial charge in [0.1, 0.15) is 0 Å². The third-order valence-electron chi connectivity index (χ3n) is 8.98. The van der Waals surface area contributed by atoms with Gasteiger partial charge in [0.2, 0.25) is 5.75 Å². The molecule has 0 saturated carbocycles. The number of nitro benzene ring substituents is 2. The van der Waals surface area contributed by atoms with E-state index in [0.717, 1.165) is 29.9 Å². The molecule has 0 radical (unpaired) electrons. The third-order valence-corrected chi connectivity index (χ3v) is 9.57. The van der Waals surface area contributed by atoms with E-state index in [9.17, 15) is 29.8 Å². The van der Waals surface area contributed by atoms with Crippen LogP contribution in [0.15, 0.2) is 57.3 Å². The molecule has 0 aromatic heterocycles. The zero-order valence-corrected chi connectivity index (χ0v) is 29.6. The topological polar surface area (TPSA) is 151 Å². The molecule has 0 amide bonds. The summed E-state index contributed by atoms with van der Waals surface area (Å²) < 4.78 is 17.8. The van der Waals surface area contributed by atoms with E-state index < -0.39 is 27.1 Å². The highest BCUT2D eigenvalue weighted by Gasteiger charge is 2.49. The van der Waals surface area contributed by atoms with E-state index in [-0.39, 0.29) is 46.3 Å². The number of ether oxygens (including phenoxy) is 3. The number of hydrogen-bond acceptors (Lipinski definition) is 10. The summed E-state index contributed by atoms with van der Waals surface area (Å²) in [6.07, 6.45) is 2.71. The fraction of sp³-hybridized carbons (Fsp3) is 0.486. The van der Waals surface area contributed by atoms with Gasteiger partial charge in [-0.15, -0.1) is 0 Å². The Hall–Kier alpha value is -4.10. The van der Waals surface area contributed by atoms with Crippen LogP contribution in [0.25, 0.3) is 0 Å². The first kappa shape index (κ1) is 35.2. The second-order valence-electron chi connectivity index (χ2n) is 14.1. The second-order valence-corrected chi connectivity index (χ2v) is 14.9. The quantitative estimate of drug-likeness (QED) is 0.126. The summed E-state index contributed by atoms with van der Waals surface area (Å²) in [6.45, 7) is 11.5. The molecule has 12 nitrogen and oxygen atoms in total. The second kappa shape index (κ2) is 13.4. The van der Waals surface area contributed by atoms with Gasteiger partial charge >= 0.3 is 5.69 Å². The molecule has 0 bridgehead atoms. The zero-order chi connectivity index (χ0) is 35.1. The summed E-state index contributed by atoms with van der Waals surface area (Å²) in [6, 6.07) is 6.62. The molecule has 48 heavy (non-hydrogen) atoms. The molecule has 0 N–H and O–H groups in total. The van der Waals surface area contributed by atoms with Gasteiger partial charge in [-0.3, -0.25) is 29.8 Å². The van der Waals surface area contributed by atoms with E-state index in [1.807, 2.05) is 0 Å². The average molecular weight is 727 g/mol. The van der Waals surface area contributed by atoms with Crippen molar-refractivity contribution < 1.29 is 33.6 Å². The molecule has 2 aromatic rings. The van der Waals surface area contributed by atoms with Crippen molar-refractivity contribution in [3.8, 4) is 17.2 Å². The summed E-state index contributed by atoms with van der Waals surface area (Å²) >= 11 is 3.58. The van der Waals surface area contributed by atoms with Crippen LogP contribution in [-0.2, 0) is 14.3 Å². The molecule has 0 spiro atoms. The Kier molecular flexibility index (Phi) is 9.85. The fourth-order valence-corrected chi connectivity index (χ4v) is 7.63. The van der Waals surface area contributed by atoms with Gasteiger partial charge in [0.15, 0.2) is 23.1 Å². The lowest BCUT2D eigenvalue weighted by Gasteiger charge is -2.49. The molecule has 0 saturated heterocycles. The molecule has 1 heterocycles. The molecule has 0 unspecified atom stereocenters. The number of nitro groups is 2. The van der Waals surface area contributed by atoms with Gasteiger partial charge in [0, 0.05) is 67.6 Å². The van der Waals surface area contributed by atoms with Crippen LogP contribution in [-0.4, -0.2) is 53.2 Å². The van der Waals surface area contributed by atoms with E-state index in [0.29, 0.717) is 60.0 Å². The van der Waals surface area contributed by atoms with Crippen LogP contribution in [0.1, 0.15) is 78.2 Å². The molecule has 2 aromatic carbocycles. The maximum absolute atomic E-state index is 14.2. The number of rotatable bonds is 11. The normalized spacial score (nSPS) is 18.9. The van der Waals surface area contributed by atoms with Crippen molar-refractivity contribution in [3.63, 3.8) is 0 Å². The largest absolute Gasteiger partial charge is 0.490 e. The van der Waals surface area contributed by atoms with Crippen molar-refractivity contribution >= 4 is 38.9 Å². The first-order valence-electron chi connectivity index (χ1n) is 15.9. The molecular formula is C35H40BrN3O9. The number of non-ortho nitro benzene ring substituents is 1. The van der Waals surface area contributed by atoms with E-state index in [4.69, 9.17) is 14.2 Å². The minimum Gasteiger partial charge on any atom is -0.490 e. The lowest BCUT2D eigenvalue weighted by molar-refractivity contribution is -0.394. The van der Waals surface area contributed by atoms with Gasteiger partial charge in [0.05, 0.1) is 27.0 Å². The number of Topliss-reactive ketones (excluding diaryl/α,β-unsaturated/α-hetero) is 2. The minimum atomic E-state index is -0.750. The Balaban J connectivity index is 1.70. The lowest BCUT2D eigenvalue weighted by Crippen LogP contribution is -2.44. The number of carbonyl (C=O) groups is 2. The summed E-state index contributed by atoms with van der Waals surface area (Å²) in [4.78, 5) is 52.2. The lowest BCUT2D eigenvalue weighted by atomic mass is 9.63. The van der Waals surface area contributed by atoms with Gasteiger partial charge < -0.3 is 19.1 Å². The van der Waals surface area contributed by atoms with Crippen LogP contribution in [0.2, 0.25) is 0 Å². The first-order chi connectivity index (χ1) is 22.6. The zero-order valence-electron chi connectivity index (χ0n) is 28.0. The van der Waals surface area contributed by atoms with Gasteiger partial charge in [0.25, 0.3) is 5.69 Å². The third kappa shape index (κ3) is 6.88. The molecule has 2 aliphatic carbocycles. The van der Waals surface area contributed by atoms with Crippen LogP contribution in [0.4, 0.5) is 11.4 Å². The summed E-state index contributed by atoms with van der Waals surface area (Å²) in [5, 5.41) is 23.1. The van der Waals surface area contributed by atoms with Gasteiger partial charge in [-0.25, -0.2) is 0 Å². The van der Waals surface area contributed by atoms with Crippen molar-refractivity contribution in [2.45, 2.75) is 72.6 Å². The minimum absolute atomic E-state index is 0.0110. The molecule has 5 rings (SSSR count). The molecular weight excluding hydrogens is 686 g/mol. The standard InChI is InChI=1S/C35H40BrN3O9/c1-7-47-29-14-20(13-22(36)33(29)48-28-10-9-21(38(42)43)15-23(28)39(44)45)30-31-24(16-34(2,3)18-26(31)40)37(11-8-12-46-6)25-17-35(4,5)19-27(41)32(25)30/h9-10,13-15,30H,7-8,11-12,16-19H2,1-6H3. The number of ketones is 2. The Labute approximate surface area is 287 Å². The van der Waals surface area contributed by atoms with Gasteiger partial charge in [-0.2, -0.15) is 0 Å². The predicted octanol–water partition coefficient (Wildman–Crippen LogP) is 8.18. The first-order valence-corrected chi connectivity index (χ1v) is 16.7. The smallest absolute Gasteiger partial charge is 0.318 e. The number of nitrogens with zero attached hydrogens (tertiary/aromatic N) is 3. The molecule has 0 atom stereocenters. The SMILES string of the molecule is CCOc1cc(C2C3=C(CC(C)(C)CC3=O)N(CCCOC)C3=C2C(=O)CC(C)(C)C3)cc(Br)c1Oc1ccc([N+](=O)[O-])cc1[N+](=O)[O-]. The van der Waals surface area contributed by atoms with Crippen molar-refractivity contribution in [2.75, 3.05) is 26.9 Å². The highest BCUT2D eigenvalue weighted by Crippen LogP contribution is 2.56. The van der Waals surface area contributed by atoms with E-state index in [1.54, 1.807) is 26.2 Å². The van der Waals surface area contributed by atoms with Crippen molar-refractivity contribution in [2.24, 2.45) is 10.8 Å². The van der Waals surface area contributed by atoms with Crippen LogP contribution in [0.5, 0.6) is 17.2 Å². The number of benzene rings is 2. The number of methoxy groups -OCH3 is 1. The summed E-state index contributed by atoms with van der Waals surface area (Å²) in [7, 11) is 1.66. The van der Waals surface area contributed by atoms with Gasteiger partial charge in [-0.1, -0.05) is 27.7 Å². The van der Waals surface area contributed by atoms with Crippen molar-refractivity contribution in [1.82, 2.24) is 4.90 Å². The van der Waals surface area contributed by atoms with E-state index in [2.05, 4.69) is 48.5 Å². The van der Waals surface area contributed by atoms with Crippen LogP contribution >= 0.6 is 15.9 Å². The fourth-order valence-electron chi connectivity index (χ4n) is 7.09. The number of carbonyl (C=O) groups excluding carboxylic acids is 2. The van der Waals surface area contributed by atoms with Gasteiger partial charge in [-0.05, 0) is 76.7 Å². The number of halogens is 1. The number of allylic oxidation sites excluding steroid dienone is 4. The molecule has 256 valence electrons. The Morgan fingerprint density at radius 2 is 1.50 bits per heavy atom. The molecule has 3 aliphatic rings. The highest BCUT2D eigenvalue weighted by molar-refractivity contribution is 9.10. The summed E-state index contributed by atoms with van der Waals surface area (Å²) in [5.74, 6) is -0.544. The van der Waals surface area contributed by atoms with E-state index >= 15 is 0 Å². The Morgan fingerprint density at radius 3 is 2.02 bits per heavy atom. The number of hydrogen-bond donors (Lipinski definition) is 0. The van der Waals surface area contributed by atoms with Crippen LogP contribution < -0.4 is 9.47 Å². The molecule has 13 heteroatoms. The maximum atomic E-state index is 14.2. The van der Waals surface area contributed by atoms with Crippen LogP contribution in [0.3, 0.4) is 0 Å². The van der Waals surface area contributed by atoms with Crippen molar-refractivity contribution in [3.05, 3.63) is 83.1 Å². The average Bonchev–Trinajstić information content (AvgIpc) is 2.98. The monoisotopic (exact) mass is 725 g/mol. The molecule has 0 fully saturated rings. The van der Waals surface area contributed by atoms with Crippen LogP contribution in [0, 0.1) is 31.1 Å².